The summed E-state index contributed by atoms with van der Waals surface area (Å²) in [6.45, 7) is 2.17. The minimum atomic E-state index is -0.691. The minimum Gasteiger partial charge on any atom is -0.490 e. The molecule has 0 aliphatic heterocycles. The van der Waals surface area contributed by atoms with Crippen LogP contribution in [0.1, 0.15) is 63.9 Å². The van der Waals surface area contributed by atoms with Crippen molar-refractivity contribution in [2.75, 3.05) is 6.61 Å². The molecule has 5 heteroatoms. The van der Waals surface area contributed by atoms with Crippen molar-refractivity contribution in [2.45, 2.75) is 65.0 Å². The van der Waals surface area contributed by atoms with Crippen LogP contribution >= 0.6 is 0 Å². The predicted molar refractivity (Wildman–Crippen MR) is 100 cm³/mol. The molecule has 142 valence electrons. The third kappa shape index (κ3) is 6.70. The van der Waals surface area contributed by atoms with Crippen LogP contribution in [0.25, 0.3) is 11.4 Å². The highest BCUT2D eigenvalue weighted by molar-refractivity contribution is 5.56. The molecule has 1 aromatic heterocycles. The summed E-state index contributed by atoms with van der Waals surface area (Å²) in [4.78, 5) is 8.30. The standard InChI is InChI=1S/C21H28F2N2O/c1-2-3-4-5-6-7-8-9-12-26-18-15-24-21(25-16-18)19-11-10-17(14-22)13-20(19)23/h10-11,13,15-16H,2-9,12,14H2,1H3. The summed E-state index contributed by atoms with van der Waals surface area (Å²) in [5.74, 6) is 0.331. The van der Waals surface area contributed by atoms with Crippen LogP contribution in [0.3, 0.4) is 0 Å². The van der Waals surface area contributed by atoms with Gasteiger partial charge in [0.1, 0.15) is 12.5 Å². The first-order chi connectivity index (χ1) is 12.7. The number of halogens is 2. The highest BCUT2D eigenvalue weighted by Gasteiger charge is 2.09. The van der Waals surface area contributed by atoms with E-state index >= 15 is 0 Å². The smallest absolute Gasteiger partial charge is 0.162 e. The lowest BCUT2D eigenvalue weighted by Gasteiger charge is -2.07. The van der Waals surface area contributed by atoms with Crippen LogP contribution in [0.5, 0.6) is 5.75 Å². The molecule has 0 saturated carbocycles. The van der Waals surface area contributed by atoms with Crippen LogP contribution < -0.4 is 4.74 Å². The average Bonchev–Trinajstić information content (AvgIpc) is 2.67. The van der Waals surface area contributed by atoms with Gasteiger partial charge in [-0.3, -0.25) is 0 Å². The Bertz CT molecular complexity index is 647. The van der Waals surface area contributed by atoms with E-state index in [2.05, 4.69) is 16.9 Å². The Hall–Kier alpha value is -2.04. The zero-order valence-electron chi connectivity index (χ0n) is 15.5. The number of nitrogens with zero attached hydrogens (tertiary/aromatic N) is 2. The maximum atomic E-state index is 14.0. The van der Waals surface area contributed by atoms with E-state index in [9.17, 15) is 8.78 Å². The minimum absolute atomic E-state index is 0.261. The molecule has 2 rings (SSSR count). The average molecular weight is 362 g/mol. The van der Waals surface area contributed by atoms with Crippen molar-refractivity contribution in [1.29, 1.82) is 0 Å². The third-order valence-corrected chi connectivity index (χ3v) is 4.32. The molecular weight excluding hydrogens is 334 g/mol. The Labute approximate surface area is 154 Å². The normalized spacial score (nSPS) is 10.9. The molecule has 0 bridgehead atoms. The lowest BCUT2D eigenvalue weighted by Crippen LogP contribution is -2.00. The van der Waals surface area contributed by atoms with Gasteiger partial charge in [-0.1, -0.05) is 57.9 Å². The molecule has 1 heterocycles. The summed E-state index contributed by atoms with van der Waals surface area (Å²) in [7, 11) is 0. The first kappa shape index (κ1) is 20.3. The van der Waals surface area contributed by atoms with E-state index in [4.69, 9.17) is 4.74 Å². The SMILES string of the molecule is CCCCCCCCCCOc1cnc(-c2ccc(CF)cc2F)nc1. The molecule has 0 unspecified atom stereocenters. The number of ether oxygens (including phenoxy) is 1. The fourth-order valence-corrected chi connectivity index (χ4v) is 2.78. The second kappa shape index (κ2) is 11.6. The Balaban J connectivity index is 1.71. The highest BCUT2D eigenvalue weighted by atomic mass is 19.1. The van der Waals surface area contributed by atoms with E-state index in [1.54, 1.807) is 12.4 Å². The molecule has 2 aromatic rings. The molecule has 0 radical (unpaired) electrons. The van der Waals surface area contributed by atoms with E-state index in [0.717, 1.165) is 12.8 Å². The summed E-state index contributed by atoms with van der Waals surface area (Å²) in [5, 5.41) is 0. The van der Waals surface area contributed by atoms with Crippen molar-refractivity contribution in [1.82, 2.24) is 9.97 Å². The summed E-state index contributed by atoms with van der Waals surface area (Å²) >= 11 is 0. The maximum absolute atomic E-state index is 14.0. The van der Waals surface area contributed by atoms with Gasteiger partial charge in [0.2, 0.25) is 0 Å². The highest BCUT2D eigenvalue weighted by Crippen LogP contribution is 2.21. The van der Waals surface area contributed by atoms with Gasteiger partial charge in [0, 0.05) is 0 Å². The second-order valence-corrected chi connectivity index (χ2v) is 6.51. The van der Waals surface area contributed by atoms with Gasteiger partial charge < -0.3 is 4.74 Å². The molecule has 0 fully saturated rings. The zero-order valence-corrected chi connectivity index (χ0v) is 15.5. The van der Waals surface area contributed by atoms with Crippen molar-refractivity contribution in [3.8, 4) is 17.1 Å². The van der Waals surface area contributed by atoms with Gasteiger partial charge in [-0.2, -0.15) is 0 Å². The second-order valence-electron chi connectivity index (χ2n) is 6.51. The zero-order chi connectivity index (χ0) is 18.6. The molecule has 0 aliphatic carbocycles. The quantitative estimate of drug-likeness (QED) is 0.417. The Morgan fingerprint density at radius 3 is 2.19 bits per heavy atom. The number of aromatic nitrogens is 2. The van der Waals surface area contributed by atoms with Crippen molar-refractivity contribution in [3.63, 3.8) is 0 Å². The fourth-order valence-electron chi connectivity index (χ4n) is 2.78. The summed E-state index contributed by atoms with van der Waals surface area (Å²) < 4.78 is 32.1. The van der Waals surface area contributed by atoms with Crippen LogP contribution in [0.15, 0.2) is 30.6 Å². The summed E-state index contributed by atoms with van der Waals surface area (Å²) in [5.41, 5.74) is 0.563. The first-order valence-corrected chi connectivity index (χ1v) is 9.54. The lowest BCUT2D eigenvalue weighted by molar-refractivity contribution is 0.302. The van der Waals surface area contributed by atoms with E-state index in [-0.39, 0.29) is 11.4 Å². The molecule has 0 N–H and O–H groups in total. The first-order valence-electron chi connectivity index (χ1n) is 9.54. The monoisotopic (exact) mass is 362 g/mol. The van der Waals surface area contributed by atoms with Crippen molar-refractivity contribution in [3.05, 3.63) is 42.0 Å². The van der Waals surface area contributed by atoms with Crippen LogP contribution in [0.4, 0.5) is 8.78 Å². The molecule has 3 nitrogen and oxygen atoms in total. The van der Waals surface area contributed by atoms with Crippen molar-refractivity contribution < 1.29 is 13.5 Å². The van der Waals surface area contributed by atoms with Crippen LogP contribution in [0.2, 0.25) is 0 Å². The van der Waals surface area contributed by atoms with Crippen LogP contribution in [-0.4, -0.2) is 16.6 Å². The van der Waals surface area contributed by atoms with Gasteiger partial charge in [-0.25, -0.2) is 18.7 Å². The molecular formula is C21H28F2N2O. The van der Waals surface area contributed by atoms with Crippen molar-refractivity contribution >= 4 is 0 Å². The Morgan fingerprint density at radius 1 is 0.923 bits per heavy atom. The summed E-state index contributed by atoms with van der Waals surface area (Å²) in [6.07, 6.45) is 13.1. The van der Waals surface area contributed by atoms with E-state index in [1.165, 1.54) is 56.7 Å². The van der Waals surface area contributed by atoms with Gasteiger partial charge in [0.15, 0.2) is 11.6 Å². The number of benzene rings is 1. The Kier molecular flexibility index (Phi) is 9.01. The molecule has 0 amide bonds. The molecule has 26 heavy (non-hydrogen) atoms. The topological polar surface area (TPSA) is 35.0 Å². The number of alkyl halides is 1. The third-order valence-electron chi connectivity index (χ3n) is 4.32. The maximum Gasteiger partial charge on any atom is 0.162 e. The van der Waals surface area contributed by atoms with E-state index < -0.39 is 12.5 Å². The molecule has 0 spiro atoms. The van der Waals surface area contributed by atoms with Crippen LogP contribution in [-0.2, 0) is 6.67 Å². The number of unbranched alkanes of at least 4 members (excludes halogenated alkanes) is 7. The largest absolute Gasteiger partial charge is 0.490 e. The Morgan fingerprint density at radius 2 is 1.58 bits per heavy atom. The van der Waals surface area contributed by atoms with Gasteiger partial charge in [0.25, 0.3) is 0 Å². The molecule has 0 saturated heterocycles. The lowest BCUT2D eigenvalue weighted by atomic mass is 10.1. The van der Waals surface area contributed by atoms with Crippen LogP contribution in [0, 0.1) is 5.82 Å². The number of hydrogen-bond donors (Lipinski definition) is 0. The molecule has 0 aliphatic rings. The van der Waals surface area contributed by atoms with Gasteiger partial charge in [0.05, 0.1) is 24.6 Å². The molecule has 1 aromatic carbocycles. The molecule has 0 atom stereocenters. The van der Waals surface area contributed by atoms with Gasteiger partial charge in [-0.05, 0) is 24.1 Å². The van der Waals surface area contributed by atoms with Gasteiger partial charge >= 0.3 is 0 Å². The predicted octanol–water partition coefficient (Wildman–Crippen LogP) is 6.27. The van der Waals surface area contributed by atoms with Gasteiger partial charge in [-0.15, -0.1) is 0 Å². The van der Waals surface area contributed by atoms with E-state index in [0.29, 0.717) is 17.9 Å². The van der Waals surface area contributed by atoms with E-state index in [1.807, 2.05) is 0 Å². The fraction of sp³-hybridized carbons (Fsp3) is 0.524. The summed E-state index contributed by atoms with van der Waals surface area (Å²) in [6, 6.07) is 4.21. The number of rotatable bonds is 12. The number of hydrogen-bond acceptors (Lipinski definition) is 3. The van der Waals surface area contributed by atoms with Crippen molar-refractivity contribution in [2.24, 2.45) is 0 Å².